The Morgan fingerprint density at radius 2 is 2.06 bits per heavy atom. The molecule has 0 heterocycles. The predicted octanol–water partition coefficient (Wildman–Crippen LogP) is 1.20. The van der Waals surface area contributed by atoms with E-state index in [1.807, 2.05) is 6.92 Å². The first-order valence-corrected chi connectivity index (χ1v) is 5.36. The average molecular weight is 275 g/mol. The van der Waals surface area contributed by atoms with Crippen molar-refractivity contribution >= 4 is 18.3 Å². The number of nitrogens with one attached hydrogen (secondary N) is 1. The van der Waals surface area contributed by atoms with Crippen molar-refractivity contribution in [2.75, 3.05) is 20.8 Å². The van der Waals surface area contributed by atoms with Gasteiger partial charge in [0.1, 0.15) is 0 Å². The highest BCUT2D eigenvalue weighted by molar-refractivity contribution is 5.98. The Kier molecular flexibility index (Phi) is 7.16. The number of para-hydroxylation sites is 1. The highest BCUT2D eigenvalue weighted by Gasteiger charge is 2.17. The number of hydrogen-bond donors (Lipinski definition) is 2. The third-order valence-electron chi connectivity index (χ3n) is 2.38. The van der Waals surface area contributed by atoms with Crippen LogP contribution in [0.2, 0.25) is 0 Å². The SMILES string of the molecule is COc1cccc(C(=O)N[C@@H](C)CN)c1OC.Cl. The highest BCUT2D eigenvalue weighted by atomic mass is 35.5. The average Bonchev–Trinajstić information content (AvgIpc) is 2.37. The molecule has 5 nitrogen and oxygen atoms in total. The summed E-state index contributed by atoms with van der Waals surface area (Å²) in [6.07, 6.45) is 0. The van der Waals surface area contributed by atoms with Crippen LogP contribution in [0.5, 0.6) is 11.5 Å². The number of methoxy groups -OCH3 is 2. The molecule has 0 aromatic heterocycles. The van der Waals surface area contributed by atoms with Gasteiger partial charge in [0, 0.05) is 12.6 Å². The molecular formula is C12H19ClN2O3. The van der Waals surface area contributed by atoms with Gasteiger partial charge in [0.25, 0.3) is 5.91 Å². The summed E-state index contributed by atoms with van der Waals surface area (Å²) in [5.74, 6) is 0.732. The lowest BCUT2D eigenvalue weighted by Gasteiger charge is -2.15. The molecule has 1 amide bonds. The van der Waals surface area contributed by atoms with Crippen LogP contribution < -0.4 is 20.5 Å². The van der Waals surface area contributed by atoms with E-state index in [2.05, 4.69) is 5.32 Å². The Bertz CT molecular complexity index is 399. The molecule has 0 bridgehead atoms. The Hall–Kier alpha value is -1.46. The maximum absolute atomic E-state index is 12.0. The Morgan fingerprint density at radius 3 is 2.56 bits per heavy atom. The van der Waals surface area contributed by atoms with E-state index in [0.717, 1.165) is 0 Å². The molecule has 0 saturated carbocycles. The van der Waals surface area contributed by atoms with E-state index in [1.54, 1.807) is 18.2 Å². The summed E-state index contributed by atoms with van der Waals surface area (Å²) in [4.78, 5) is 12.0. The van der Waals surface area contributed by atoms with Crippen LogP contribution in [0.4, 0.5) is 0 Å². The van der Waals surface area contributed by atoms with Crippen molar-refractivity contribution in [2.24, 2.45) is 5.73 Å². The third-order valence-corrected chi connectivity index (χ3v) is 2.38. The highest BCUT2D eigenvalue weighted by Crippen LogP contribution is 2.30. The van der Waals surface area contributed by atoms with E-state index in [0.29, 0.717) is 23.6 Å². The molecule has 1 rings (SSSR count). The van der Waals surface area contributed by atoms with E-state index in [1.165, 1.54) is 14.2 Å². The lowest BCUT2D eigenvalue weighted by atomic mass is 10.1. The monoisotopic (exact) mass is 274 g/mol. The van der Waals surface area contributed by atoms with Gasteiger partial charge in [-0.2, -0.15) is 0 Å². The summed E-state index contributed by atoms with van der Waals surface area (Å²) >= 11 is 0. The lowest BCUT2D eigenvalue weighted by Crippen LogP contribution is -2.37. The van der Waals surface area contributed by atoms with E-state index < -0.39 is 0 Å². The fourth-order valence-electron chi connectivity index (χ4n) is 1.43. The fraction of sp³-hybridized carbons (Fsp3) is 0.417. The van der Waals surface area contributed by atoms with Crippen LogP contribution in [-0.4, -0.2) is 32.7 Å². The second-order valence-corrected chi connectivity index (χ2v) is 3.65. The van der Waals surface area contributed by atoms with Gasteiger partial charge in [-0.05, 0) is 19.1 Å². The summed E-state index contributed by atoms with van der Waals surface area (Å²) < 4.78 is 10.3. The number of nitrogens with two attached hydrogens (primary N) is 1. The van der Waals surface area contributed by atoms with Gasteiger partial charge in [-0.15, -0.1) is 12.4 Å². The van der Waals surface area contributed by atoms with Crippen molar-refractivity contribution in [3.63, 3.8) is 0 Å². The van der Waals surface area contributed by atoms with Crippen LogP contribution in [0.1, 0.15) is 17.3 Å². The Morgan fingerprint density at radius 1 is 1.39 bits per heavy atom. The van der Waals surface area contributed by atoms with Crippen molar-refractivity contribution in [2.45, 2.75) is 13.0 Å². The van der Waals surface area contributed by atoms with E-state index in [4.69, 9.17) is 15.2 Å². The first kappa shape index (κ1) is 16.5. The summed E-state index contributed by atoms with van der Waals surface area (Å²) in [7, 11) is 3.03. The molecule has 102 valence electrons. The molecule has 0 spiro atoms. The van der Waals surface area contributed by atoms with Gasteiger partial charge >= 0.3 is 0 Å². The van der Waals surface area contributed by atoms with Gasteiger partial charge in [-0.1, -0.05) is 6.07 Å². The molecule has 6 heteroatoms. The van der Waals surface area contributed by atoms with Crippen LogP contribution in [-0.2, 0) is 0 Å². The zero-order valence-corrected chi connectivity index (χ0v) is 11.5. The van der Waals surface area contributed by atoms with E-state index in [9.17, 15) is 4.79 Å². The largest absolute Gasteiger partial charge is 0.493 e. The third kappa shape index (κ3) is 3.78. The molecule has 0 aliphatic heterocycles. The molecular weight excluding hydrogens is 256 g/mol. The number of amides is 1. The number of hydrogen-bond acceptors (Lipinski definition) is 4. The molecule has 3 N–H and O–H groups in total. The molecule has 0 radical (unpaired) electrons. The van der Waals surface area contributed by atoms with Crippen LogP contribution in [0, 0.1) is 0 Å². The second kappa shape index (κ2) is 7.79. The van der Waals surface area contributed by atoms with Crippen LogP contribution in [0.3, 0.4) is 0 Å². The standard InChI is InChI=1S/C12H18N2O3.ClH/c1-8(7-13)14-12(15)9-5-4-6-10(16-2)11(9)17-3;/h4-6,8H,7,13H2,1-3H3,(H,14,15);1H/t8-;/m0./s1. The summed E-state index contributed by atoms with van der Waals surface area (Å²) in [6, 6.07) is 5.07. The topological polar surface area (TPSA) is 73.6 Å². The second-order valence-electron chi connectivity index (χ2n) is 3.65. The fourth-order valence-corrected chi connectivity index (χ4v) is 1.43. The van der Waals surface area contributed by atoms with Crippen molar-refractivity contribution in [1.29, 1.82) is 0 Å². The first-order valence-electron chi connectivity index (χ1n) is 5.36. The summed E-state index contributed by atoms with van der Waals surface area (Å²) in [5.41, 5.74) is 5.89. The van der Waals surface area contributed by atoms with Crippen molar-refractivity contribution in [1.82, 2.24) is 5.32 Å². The zero-order chi connectivity index (χ0) is 12.8. The normalized spacial score (nSPS) is 11.1. The van der Waals surface area contributed by atoms with E-state index >= 15 is 0 Å². The predicted molar refractivity (Wildman–Crippen MR) is 72.8 cm³/mol. The number of benzene rings is 1. The Labute approximate surface area is 113 Å². The molecule has 0 unspecified atom stereocenters. The minimum absolute atomic E-state index is 0. The smallest absolute Gasteiger partial charge is 0.255 e. The zero-order valence-electron chi connectivity index (χ0n) is 10.7. The van der Waals surface area contributed by atoms with Crippen molar-refractivity contribution < 1.29 is 14.3 Å². The number of carbonyl (C=O) groups excluding carboxylic acids is 1. The van der Waals surface area contributed by atoms with Gasteiger partial charge in [0.15, 0.2) is 11.5 Å². The minimum atomic E-state index is -0.223. The molecule has 18 heavy (non-hydrogen) atoms. The summed E-state index contributed by atoms with van der Waals surface area (Å²) in [5, 5.41) is 2.77. The van der Waals surface area contributed by atoms with E-state index in [-0.39, 0.29) is 24.4 Å². The minimum Gasteiger partial charge on any atom is -0.493 e. The quantitative estimate of drug-likeness (QED) is 0.846. The van der Waals surface area contributed by atoms with Crippen LogP contribution >= 0.6 is 12.4 Å². The lowest BCUT2D eigenvalue weighted by molar-refractivity contribution is 0.0937. The van der Waals surface area contributed by atoms with Gasteiger partial charge in [0.2, 0.25) is 0 Å². The number of ether oxygens (including phenoxy) is 2. The van der Waals surface area contributed by atoms with Crippen molar-refractivity contribution in [3.8, 4) is 11.5 Å². The molecule has 0 saturated heterocycles. The number of halogens is 1. The first-order chi connectivity index (χ1) is 8.13. The Balaban J connectivity index is 0.00000289. The maximum Gasteiger partial charge on any atom is 0.255 e. The molecule has 1 atom stereocenters. The van der Waals surface area contributed by atoms with Crippen LogP contribution in [0.25, 0.3) is 0 Å². The molecule has 1 aromatic carbocycles. The van der Waals surface area contributed by atoms with Gasteiger partial charge in [0.05, 0.1) is 19.8 Å². The van der Waals surface area contributed by atoms with Gasteiger partial charge in [-0.3, -0.25) is 4.79 Å². The maximum atomic E-state index is 12.0. The summed E-state index contributed by atoms with van der Waals surface area (Å²) in [6.45, 7) is 2.22. The van der Waals surface area contributed by atoms with Gasteiger partial charge in [-0.25, -0.2) is 0 Å². The number of carbonyl (C=O) groups is 1. The van der Waals surface area contributed by atoms with Gasteiger partial charge < -0.3 is 20.5 Å². The number of rotatable bonds is 5. The van der Waals surface area contributed by atoms with Crippen LogP contribution in [0.15, 0.2) is 18.2 Å². The molecule has 0 fully saturated rings. The molecule has 1 aromatic rings. The van der Waals surface area contributed by atoms with Crippen molar-refractivity contribution in [3.05, 3.63) is 23.8 Å². The molecule has 0 aliphatic rings. The molecule has 0 aliphatic carbocycles.